The molecular weight excluding hydrogens is 500 g/mol. The molecule has 0 unspecified atom stereocenters. The first-order chi connectivity index (χ1) is 19.0. The molecule has 0 fully saturated rings. The Balaban J connectivity index is 1.53. The normalized spacial score (nSPS) is 14.5. The number of allylic oxidation sites excluding steroid dienone is 5. The van der Waals surface area contributed by atoms with Gasteiger partial charge < -0.3 is 19.8 Å². The number of carbonyl (C=O) groups excluding carboxylic acids is 2. The first-order valence-corrected chi connectivity index (χ1v) is 13.4. The molecule has 0 amide bonds. The number of aromatic nitrogens is 2. The lowest BCUT2D eigenvalue weighted by atomic mass is 9.86. The maximum Gasteiger partial charge on any atom is 0.227 e. The highest BCUT2D eigenvalue weighted by Gasteiger charge is 2.36. The van der Waals surface area contributed by atoms with Crippen molar-refractivity contribution in [3.8, 4) is 0 Å². The molecule has 6 heteroatoms. The molecule has 0 atom stereocenters. The van der Waals surface area contributed by atoms with Crippen molar-refractivity contribution in [2.45, 2.75) is 52.5 Å². The van der Waals surface area contributed by atoms with Gasteiger partial charge in [0, 0.05) is 53.0 Å². The van der Waals surface area contributed by atoms with Gasteiger partial charge >= 0.3 is 0 Å². The van der Waals surface area contributed by atoms with Crippen LogP contribution in [-0.4, -0.2) is 31.3 Å². The summed E-state index contributed by atoms with van der Waals surface area (Å²) in [7, 11) is 0. The van der Waals surface area contributed by atoms with E-state index in [-0.39, 0.29) is 24.0 Å². The maximum absolute atomic E-state index is 13.5. The number of aliphatic hydroxyl groups is 2. The van der Waals surface area contributed by atoms with E-state index in [1.165, 1.54) is 0 Å². The lowest BCUT2D eigenvalue weighted by Gasteiger charge is -2.23. The Hall–Kier alpha value is -4.58. The Morgan fingerprint density at radius 3 is 2.17 bits per heavy atom. The summed E-state index contributed by atoms with van der Waals surface area (Å²) in [6.07, 6.45) is 6.48. The van der Waals surface area contributed by atoms with Crippen LogP contribution in [0.15, 0.2) is 102 Å². The minimum absolute atomic E-state index is 0.00733. The zero-order chi connectivity index (χ0) is 28.8. The van der Waals surface area contributed by atoms with Gasteiger partial charge in [-0.2, -0.15) is 0 Å². The first-order valence-electron chi connectivity index (χ1n) is 13.4. The Kier molecular flexibility index (Phi) is 6.88. The van der Waals surface area contributed by atoms with Crippen molar-refractivity contribution in [2.24, 2.45) is 0 Å². The molecule has 1 aliphatic carbocycles. The number of aliphatic hydroxyl groups excluding tert-OH is 2. The third-order valence-corrected chi connectivity index (χ3v) is 7.80. The summed E-state index contributed by atoms with van der Waals surface area (Å²) in [5, 5.41) is 23.9. The Bertz CT molecular complexity index is 1780. The second-order valence-corrected chi connectivity index (χ2v) is 11.2. The molecule has 4 aromatic rings. The van der Waals surface area contributed by atoms with E-state index >= 15 is 0 Å². The van der Waals surface area contributed by atoms with Gasteiger partial charge in [0.05, 0.1) is 16.7 Å². The zero-order valence-electron chi connectivity index (χ0n) is 23.3. The number of H-pyrrole nitrogens is 1. The number of para-hydroxylation sites is 2. The van der Waals surface area contributed by atoms with Crippen LogP contribution in [0.1, 0.15) is 44.5 Å². The predicted octanol–water partition coefficient (Wildman–Crippen LogP) is 7.11. The molecule has 6 nitrogen and oxygen atoms in total. The molecule has 2 heterocycles. The summed E-state index contributed by atoms with van der Waals surface area (Å²) in [6.45, 7) is 12.0. The molecule has 0 radical (unpaired) electrons. The summed E-state index contributed by atoms with van der Waals surface area (Å²) in [5.74, 6) is -2.66. The molecule has 0 bridgehead atoms. The highest BCUT2D eigenvalue weighted by Crippen LogP contribution is 2.34. The Morgan fingerprint density at radius 1 is 0.925 bits per heavy atom. The predicted molar refractivity (Wildman–Crippen MR) is 160 cm³/mol. The van der Waals surface area contributed by atoms with Crippen LogP contribution in [0.4, 0.5) is 0 Å². The molecule has 204 valence electrons. The van der Waals surface area contributed by atoms with Crippen molar-refractivity contribution in [3.63, 3.8) is 0 Å². The van der Waals surface area contributed by atoms with Gasteiger partial charge in [-0.25, -0.2) is 0 Å². The molecule has 0 aliphatic heterocycles. The number of hydrogen-bond donors (Lipinski definition) is 3. The molecule has 5 rings (SSSR count). The fourth-order valence-corrected chi connectivity index (χ4v) is 5.37. The standard InChI is InChI=1S/C34H34N2O4/c1-6-34(4,5)36-19-21(22-11-8-10-14-29(22)36)17-25-30(37)32(39)26(33(40)31(25)38)18-24-23-12-7-9-13-27(23)35-28(24)16-15-20(2)3/h6-15,19,35,37,40H,1,16-18H2,2-5H3. The summed E-state index contributed by atoms with van der Waals surface area (Å²) >= 11 is 0. The van der Waals surface area contributed by atoms with E-state index in [0.717, 1.165) is 44.2 Å². The van der Waals surface area contributed by atoms with Crippen molar-refractivity contribution in [1.82, 2.24) is 9.55 Å². The molecular formula is C34H34N2O4. The van der Waals surface area contributed by atoms with Gasteiger partial charge in [-0.1, -0.05) is 54.1 Å². The number of rotatable bonds is 8. The van der Waals surface area contributed by atoms with Crippen LogP contribution in [0, 0.1) is 0 Å². The number of nitrogens with one attached hydrogen (secondary N) is 1. The molecule has 1 aliphatic rings. The molecule has 3 N–H and O–H groups in total. The van der Waals surface area contributed by atoms with E-state index in [1.807, 2.05) is 88.5 Å². The van der Waals surface area contributed by atoms with Gasteiger partial charge in [-0.3, -0.25) is 9.59 Å². The van der Waals surface area contributed by atoms with Gasteiger partial charge in [-0.05, 0) is 51.0 Å². The number of benzene rings is 2. The van der Waals surface area contributed by atoms with Crippen LogP contribution in [-0.2, 0) is 34.4 Å². The van der Waals surface area contributed by atoms with E-state index in [2.05, 4.69) is 22.2 Å². The largest absolute Gasteiger partial charge is 0.504 e. The molecule has 2 aromatic heterocycles. The number of hydrogen-bond acceptors (Lipinski definition) is 4. The van der Waals surface area contributed by atoms with Crippen molar-refractivity contribution in [1.29, 1.82) is 0 Å². The second-order valence-electron chi connectivity index (χ2n) is 11.2. The topological polar surface area (TPSA) is 95.3 Å². The lowest BCUT2D eigenvalue weighted by Crippen LogP contribution is -2.26. The minimum atomic E-state index is -0.724. The number of fused-ring (bicyclic) bond motifs is 2. The summed E-state index contributed by atoms with van der Waals surface area (Å²) in [6, 6.07) is 15.5. The number of nitrogens with zero attached hydrogens (tertiary/aromatic N) is 1. The van der Waals surface area contributed by atoms with Crippen molar-refractivity contribution < 1.29 is 19.8 Å². The van der Waals surface area contributed by atoms with E-state index in [0.29, 0.717) is 6.42 Å². The molecule has 0 saturated heterocycles. The maximum atomic E-state index is 13.5. The molecule has 40 heavy (non-hydrogen) atoms. The van der Waals surface area contributed by atoms with E-state index in [1.54, 1.807) is 0 Å². The quantitative estimate of drug-likeness (QED) is 0.166. The Morgan fingerprint density at radius 2 is 1.52 bits per heavy atom. The monoisotopic (exact) mass is 534 g/mol. The van der Waals surface area contributed by atoms with Crippen molar-refractivity contribution in [3.05, 3.63) is 119 Å². The van der Waals surface area contributed by atoms with Crippen LogP contribution in [0.25, 0.3) is 21.8 Å². The van der Waals surface area contributed by atoms with Crippen molar-refractivity contribution >= 4 is 33.4 Å². The highest BCUT2D eigenvalue weighted by molar-refractivity contribution is 6.23. The smallest absolute Gasteiger partial charge is 0.227 e. The van der Waals surface area contributed by atoms with Gasteiger partial charge in [-0.15, -0.1) is 6.58 Å². The van der Waals surface area contributed by atoms with Gasteiger partial charge in [0.25, 0.3) is 0 Å². The van der Waals surface area contributed by atoms with Crippen LogP contribution in [0.2, 0.25) is 0 Å². The van der Waals surface area contributed by atoms with Crippen LogP contribution in [0.3, 0.4) is 0 Å². The van der Waals surface area contributed by atoms with E-state index < -0.39 is 28.6 Å². The van der Waals surface area contributed by atoms with E-state index in [4.69, 9.17) is 0 Å². The number of carbonyl (C=O) groups is 2. The second kappa shape index (κ2) is 10.2. The van der Waals surface area contributed by atoms with Crippen LogP contribution < -0.4 is 0 Å². The third kappa shape index (κ3) is 4.60. The zero-order valence-corrected chi connectivity index (χ0v) is 23.3. The lowest BCUT2D eigenvalue weighted by molar-refractivity contribution is -0.120. The summed E-state index contributed by atoms with van der Waals surface area (Å²) in [5.41, 5.74) is 4.89. The SMILES string of the molecule is C=CC(C)(C)n1cc(CC2=C(O)C(=O)C(Cc3c(CC=C(C)C)[nH]c4ccccc34)=C(O)C2=O)c2ccccc21. The summed E-state index contributed by atoms with van der Waals surface area (Å²) < 4.78 is 2.06. The molecule has 2 aromatic carbocycles. The Labute approximate surface area is 233 Å². The summed E-state index contributed by atoms with van der Waals surface area (Å²) in [4.78, 5) is 30.4. The van der Waals surface area contributed by atoms with Gasteiger partial charge in [0.2, 0.25) is 11.6 Å². The fraction of sp³-hybridized carbons (Fsp3) is 0.235. The first kappa shape index (κ1) is 27.0. The molecule has 0 spiro atoms. The number of aromatic amines is 1. The van der Waals surface area contributed by atoms with E-state index in [9.17, 15) is 19.8 Å². The third-order valence-electron chi connectivity index (χ3n) is 7.80. The highest BCUT2D eigenvalue weighted by atomic mass is 16.3. The average Bonchev–Trinajstić information content (AvgIpc) is 3.49. The minimum Gasteiger partial charge on any atom is -0.504 e. The van der Waals surface area contributed by atoms with Crippen molar-refractivity contribution in [2.75, 3.05) is 0 Å². The fourth-order valence-electron chi connectivity index (χ4n) is 5.37. The number of Topliss-reactive ketones (excluding diaryl/α,β-unsaturated/α-hetero) is 2. The van der Waals surface area contributed by atoms with Crippen LogP contribution >= 0.6 is 0 Å². The van der Waals surface area contributed by atoms with Gasteiger partial charge in [0.15, 0.2) is 11.5 Å². The van der Waals surface area contributed by atoms with Gasteiger partial charge in [0.1, 0.15) is 0 Å². The van der Waals surface area contributed by atoms with Crippen LogP contribution in [0.5, 0.6) is 0 Å². The number of ketones is 2. The molecule has 0 saturated carbocycles. The average molecular weight is 535 g/mol.